The molecule has 1 aromatic heterocycles. The van der Waals surface area contributed by atoms with Crippen LogP contribution in [0.2, 0.25) is 0 Å². The highest BCUT2D eigenvalue weighted by molar-refractivity contribution is 9.10. The number of benzene rings is 1. The Morgan fingerprint density at radius 2 is 2.28 bits per heavy atom. The Labute approximate surface area is 114 Å². The molecule has 1 aromatic carbocycles. The summed E-state index contributed by atoms with van der Waals surface area (Å²) in [7, 11) is 0. The zero-order chi connectivity index (χ0) is 13.1. The van der Waals surface area contributed by atoms with Crippen LogP contribution in [0.25, 0.3) is 0 Å². The molecule has 0 saturated heterocycles. The zero-order valence-corrected chi connectivity index (χ0v) is 11.7. The first-order valence-electron chi connectivity index (χ1n) is 5.84. The van der Waals surface area contributed by atoms with Gasteiger partial charge >= 0.3 is 0 Å². The van der Waals surface area contributed by atoms with E-state index in [1.54, 1.807) is 18.3 Å². The molecule has 0 radical (unpaired) electrons. The van der Waals surface area contributed by atoms with Gasteiger partial charge in [0.2, 0.25) is 0 Å². The van der Waals surface area contributed by atoms with Gasteiger partial charge in [-0.25, -0.2) is 4.39 Å². The number of nitrogens with zero attached hydrogens (tertiary/aromatic N) is 2. The van der Waals surface area contributed by atoms with Gasteiger partial charge in [0.25, 0.3) is 0 Å². The highest BCUT2D eigenvalue weighted by Crippen LogP contribution is 2.25. The minimum Gasteiger partial charge on any atom is -0.320 e. The summed E-state index contributed by atoms with van der Waals surface area (Å²) < 4.78 is 16.4. The van der Waals surface area contributed by atoms with E-state index in [-0.39, 0.29) is 5.82 Å². The predicted octanol–water partition coefficient (Wildman–Crippen LogP) is 3.24. The quantitative estimate of drug-likeness (QED) is 0.942. The minimum absolute atomic E-state index is 0.297. The lowest BCUT2D eigenvalue weighted by Crippen LogP contribution is -2.13. The maximum atomic E-state index is 13.7. The van der Waals surface area contributed by atoms with Gasteiger partial charge in [-0.2, -0.15) is 5.10 Å². The molecule has 2 aromatic rings. The van der Waals surface area contributed by atoms with Gasteiger partial charge in [-0.15, -0.1) is 0 Å². The van der Waals surface area contributed by atoms with Crippen LogP contribution in [-0.4, -0.2) is 9.78 Å². The highest BCUT2D eigenvalue weighted by Gasteiger charge is 2.15. The fraction of sp³-hybridized carbons (Fsp3) is 0.308. The fourth-order valence-corrected chi connectivity index (χ4v) is 2.20. The number of rotatable bonds is 4. The summed E-state index contributed by atoms with van der Waals surface area (Å²) in [4.78, 5) is 0. The molecule has 1 unspecified atom stereocenters. The molecule has 18 heavy (non-hydrogen) atoms. The van der Waals surface area contributed by atoms with E-state index in [2.05, 4.69) is 28.0 Å². The summed E-state index contributed by atoms with van der Waals surface area (Å²) in [6, 6.07) is 4.28. The van der Waals surface area contributed by atoms with Gasteiger partial charge in [0.15, 0.2) is 0 Å². The number of aryl methyl sites for hydroxylation is 1. The van der Waals surface area contributed by atoms with Gasteiger partial charge < -0.3 is 5.73 Å². The van der Waals surface area contributed by atoms with E-state index in [9.17, 15) is 4.39 Å². The van der Waals surface area contributed by atoms with Crippen LogP contribution < -0.4 is 5.73 Å². The summed E-state index contributed by atoms with van der Waals surface area (Å²) in [6.07, 6.45) is 4.57. The molecule has 5 heteroatoms. The van der Waals surface area contributed by atoms with Crippen LogP contribution in [0.5, 0.6) is 0 Å². The molecule has 2 rings (SSSR count). The molecular formula is C13H15BrFN3. The molecule has 0 aliphatic heterocycles. The molecule has 96 valence electrons. The smallest absolute Gasteiger partial charge is 0.128 e. The molecule has 3 nitrogen and oxygen atoms in total. The van der Waals surface area contributed by atoms with Gasteiger partial charge in [0, 0.05) is 28.3 Å². The van der Waals surface area contributed by atoms with Crippen LogP contribution in [0, 0.1) is 5.82 Å². The van der Waals surface area contributed by atoms with E-state index in [1.807, 2.05) is 10.9 Å². The molecule has 1 atom stereocenters. The Balaban J connectivity index is 2.29. The number of halogens is 2. The second-order valence-electron chi connectivity index (χ2n) is 4.18. The van der Waals surface area contributed by atoms with Crippen LogP contribution in [-0.2, 0) is 6.54 Å². The largest absolute Gasteiger partial charge is 0.320 e. The van der Waals surface area contributed by atoms with E-state index in [0.717, 1.165) is 23.0 Å². The topological polar surface area (TPSA) is 43.8 Å². The van der Waals surface area contributed by atoms with Crippen molar-refractivity contribution in [2.75, 3.05) is 0 Å². The molecule has 0 saturated carbocycles. The zero-order valence-electron chi connectivity index (χ0n) is 10.1. The van der Waals surface area contributed by atoms with Crippen molar-refractivity contribution in [3.8, 4) is 0 Å². The van der Waals surface area contributed by atoms with Crippen molar-refractivity contribution in [3.05, 3.63) is 52.0 Å². The van der Waals surface area contributed by atoms with Crippen molar-refractivity contribution >= 4 is 15.9 Å². The molecule has 2 N–H and O–H groups in total. The molecular weight excluding hydrogens is 297 g/mol. The van der Waals surface area contributed by atoms with Crippen LogP contribution in [0.3, 0.4) is 0 Å². The molecule has 0 aliphatic carbocycles. The number of nitrogens with two attached hydrogens (primary N) is 1. The Kier molecular flexibility index (Phi) is 4.14. The van der Waals surface area contributed by atoms with Crippen molar-refractivity contribution in [2.24, 2.45) is 5.73 Å². The highest BCUT2D eigenvalue weighted by atomic mass is 79.9. The molecule has 0 amide bonds. The van der Waals surface area contributed by atoms with Crippen molar-refractivity contribution in [3.63, 3.8) is 0 Å². The predicted molar refractivity (Wildman–Crippen MR) is 72.6 cm³/mol. The van der Waals surface area contributed by atoms with Crippen LogP contribution in [0.1, 0.15) is 30.5 Å². The lowest BCUT2D eigenvalue weighted by molar-refractivity contribution is 0.595. The van der Waals surface area contributed by atoms with Crippen LogP contribution in [0.4, 0.5) is 4.39 Å². The third-order valence-corrected chi connectivity index (χ3v) is 3.25. The van der Waals surface area contributed by atoms with Gasteiger partial charge in [-0.3, -0.25) is 4.68 Å². The molecule has 0 aliphatic rings. The van der Waals surface area contributed by atoms with Gasteiger partial charge in [0.1, 0.15) is 5.82 Å². The molecule has 1 heterocycles. The Hall–Kier alpha value is -1.20. The lowest BCUT2D eigenvalue weighted by atomic mass is 10.0. The average molecular weight is 312 g/mol. The summed E-state index contributed by atoms with van der Waals surface area (Å²) >= 11 is 3.32. The first-order chi connectivity index (χ1) is 8.61. The van der Waals surface area contributed by atoms with E-state index in [4.69, 9.17) is 5.73 Å². The summed E-state index contributed by atoms with van der Waals surface area (Å²) in [5.74, 6) is -0.297. The number of aromatic nitrogens is 2. The van der Waals surface area contributed by atoms with E-state index in [0.29, 0.717) is 5.56 Å². The van der Waals surface area contributed by atoms with E-state index in [1.165, 1.54) is 6.07 Å². The van der Waals surface area contributed by atoms with Crippen molar-refractivity contribution < 1.29 is 4.39 Å². The van der Waals surface area contributed by atoms with Crippen LogP contribution >= 0.6 is 15.9 Å². The Bertz CT molecular complexity index is 539. The van der Waals surface area contributed by atoms with Crippen molar-refractivity contribution in [1.82, 2.24) is 9.78 Å². The SMILES string of the molecule is CCCn1cc(C(N)c2cc(Br)ccc2F)cn1. The molecule has 0 fully saturated rings. The maximum absolute atomic E-state index is 13.7. The fourth-order valence-electron chi connectivity index (χ4n) is 1.82. The second kappa shape index (κ2) is 5.63. The van der Waals surface area contributed by atoms with Crippen LogP contribution in [0.15, 0.2) is 35.1 Å². The second-order valence-corrected chi connectivity index (χ2v) is 5.10. The third kappa shape index (κ3) is 2.79. The van der Waals surface area contributed by atoms with Crippen molar-refractivity contribution in [2.45, 2.75) is 25.9 Å². The normalized spacial score (nSPS) is 12.7. The third-order valence-electron chi connectivity index (χ3n) is 2.76. The standard InChI is InChI=1S/C13H15BrFN3/c1-2-5-18-8-9(7-17-18)13(16)11-6-10(14)3-4-12(11)15/h3-4,6-8,13H,2,5,16H2,1H3. The van der Waals surface area contributed by atoms with Gasteiger partial charge in [-0.05, 0) is 24.6 Å². The monoisotopic (exact) mass is 311 g/mol. The van der Waals surface area contributed by atoms with E-state index >= 15 is 0 Å². The van der Waals surface area contributed by atoms with Crippen molar-refractivity contribution in [1.29, 1.82) is 0 Å². The summed E-state index contributed by atoms with van der Waals surface area (Å²) in [5.41, 5.74) is 7.37. The maximum Gasteiger partial charge on any atom is 0.128 e. The molecule has 0 bridgehead atoms. The number of hydrogen-bond donors (Lipinski definition) is 1. The first-order valence-corrected chi connectivity index (χ1v) is 6.64. The minimum atomic E-state index is -0.492. The Morgan fingerprint density at radius 3 is 3.00 bits per heavy atom. The lowest BCUT2D eigenvalue weighted by Gasteiger charge is -2.11. The summed E-state index contributed by atoms with van der Waals surface area (Å²) in [5, 5.41) is 4.21. The van der Waals surface area contributed by atoms with Gasteiger partial charge in [-0.1, -0.05) is 22.9 Å². The Morgan fingerprint density at radius 1 is 1.50 bits per heavy atom. The van der Waals surface area contributed by atoms with E-state index < -0.39 is 6.04 Å². The first kappa shape index (κ1) is 13.2. The average Bonchev–Trinajstić information content (AvgIpc) is 2.80. The molecule has 0 spiro atoms. The number of hydrogen-bond acceptors (Lipinski definition) is 2. The summed E-state index contributed by atoms with van der Waals surface area (Å²) in [6.45, 7) is 2.92. The van der Waals surface area contributed by atoms with Gasteiger partial charge in [0.05, 0.1) is 12.2 Å².